The molecule has 0 spiro atoms. The van der Waals surface area contributed by atoms with Crippen LogP contribution in [0.5, 0.6) is 5.75 Å². The van der Waals surface area contributed by atoms with Gasteiger partial charge in [0.15, 0.2) is 0 Å². The molecular weight excluding hydrogens is 350 g/mol. The van der Waals surface area contributed by atoms with E-state index in [0.717, 1.165) is 5.76 Å². The maximum atomic E-state index is 12.0. The number of rotatable bonds is 6. The molecule has 1 aliphatic heterocycles. The predicted octanol–water partition coefficient (Wildman–Crippen LogP) is 2.23. The van der Waals surface area contributed by atoms with Gasteiger partial charge in [-0.3, -0.25) is 4.79 Å². The zero-order chi connectivity index (χ0) is 19.1. The number of hydrogen-bond donors (Lipinski definition) is 2. The molecule has 0 bridgehead atoms. The van der Waals surface area contributed by atoms with Crippen molar-refractivity contribution < 1.29 is 23.5 Å². The fourth-order valence-electron chi connectivity index (χ4n) is 2.69. The Morgan fingerprint density at radius 3 is 2.78 bits per heavy atom. The lowest BCUT2D eigenvalue weighted by atomic mass is 10.2. The molecule has 1 aromatic heterocycles. The Morgan fingerprint density at radius 1 is 1.26 bits per heavy atom. The van der Waals surface area contributed by atoms with Crippen LogP contribution in [0, 0.1) is 0 Å². The van der Waals surface area contributed by atoms with Crippen LogP contribution in [0.3, 0.4) is 0 Å². The quantitative estimate of drug-likeness (QED) is 0.810. The molecule has 0 saturated carbocycles. The second-order valence-corrected chi connectivity index (χ2v) is 6.19. The van der Waals surface area contributed by atoms with Gasteiger partial charge >= 0.3 is 6.03 Å². The lowest BCUT2D eigenvalue weighted by Crippen LogP contribution is -2.49. The largest absolute Gasteiger partial charge is 0.486 e. The van der Waals surface area contributed by atoms with E-state index in [4.69, 9.17) is 13.9 Å². The second kappa shape index (κ2) is 9.09. The van der Waals surface area contributed by atoms with Crippen molar-refractivity contribution in [3.8, 4) is 5.75 Å². The van der Waals surface area contributed by atoms with Crippen LogP contribution in [0.1, 0.15) is 12.7 Å². The van der Waals surface area contributed by atoms with E-state index in [-0.39, 0.29) is 18.0 Å². The van der Waals surface area contributed by atoms with Crippen LogP contribution in [0.15, 0.2) is 47.1 Å². The van der Waals surface area contributed by atoms with Crippen LogP contribution in [-0.4, -0.2) is 49.2 Å². The van der Waals surface area contributed by atoms with E-state index in [1.54, 1.807) is 41.5 Å². The number of benzene rings is 1. The van der Waals surface area contributed by atoms with Crippen LogP contribution in [-0.2, 0) is 16.1 Å². The molecule has 2 aromatic rings. The summed E-state index contributed by atoms with van der Waals surface area (Å²) in [5, 5.41) is 5.51. The van der Waals surface area contributed by atoms with Gasteiger partial charge in [0.1, 0.15) is 18.1 Å². The lowest BCUT2D eigenvalue weighted by molar-refractivity contribution is -0.136. The number of carbonyl (C=O) groups is 2. The van der Waals surface area contributed by atoms with Crippen LogP contribution < -0.4 is 15.4 Å². The summed E-state index contributed by atoms with van der Waals surface area (Å²) in [6, 6.07) is 10.4. The molecular formula is C19H23N3O5. The molecule has 0 aliphatic carbocycles. The number of amides is 3. The predicted molar refractivity (Wildman–Crippen MR) is 98.5 cm³/mol. The van der Waals surface area contributed by atoms with Gasteiger partial charge in [-0.1, -0.05) is 0 Å². The van der Waals surface area contributed by atoms with Crippen LogP contribution >= 0.6 is 0 Å². The monoisotopic (exact) mass is 373 g/mol. The normalized spacial score (nSPS) is 16.6. The Labute approximate surface area is 157 Å². The Balaban J connectivity index is 1.40. The van der Waals surface area contributed by atoms with Crippen molar-refractivity contribution in [2.24, 2.45) is 0 Å². The molecule has 2 N–H and O–H groups in total. The first kappa shape index (κ1) is 18.8. The maximum absolute atomic E-state index is 12.0. The summed E-state index contributed by atoms with van der Waals surface area (Å²) in [7, 11) is 0. The Bertz CT molecular complexity index is 745. The standard InChI is InChI=1S/C19H23N3O5/c1-14(23)22-8-10-26-18(12-22)11-20-19(24)21-15-4-6-16(7-5-15)27-13-17-3-2-9-25-17/h2-7,9,18H,8,10-13H2,1H3,(H2,20,21,24). The number of anilines is 1. The van der Waals surface area contributed by atoms with E-state index in [1.807, 2.05) is 6.07 Å². The van der Waals surface area contributed by atoms with Gasteiger partial charge in [-0.2, -0.15) is 0 Å². The number of urea groups is 1. The van der Waals surface area contributed by atoms with Crippen molar-refractivity contribution in [3.63, 3.8) is 0 Å². The third-order valence-electron chi connectivity index (χ3n) is 4.15. The minimum atomic E-state index is -0.331. The van der Waals surface area contributed by atoms with Crippen molar-refractivity contribution in [2.75, 3.05) is 31.6 Å². The molecule has 1 saturated heterocycles. The summed E-state index contributed by atoms with van der Waals surface area (Å²) in [6.07, 6.45) is 1.39. The Kier molecular flexibility index (Phi) is 6.32. The van der Waals surface area contributed by atoms with E-state index < -0.39 is 0 Å². The fraction of sp³-hybridized carbons (Fsp3) is 0.368. The zero-order valence-electron chi connectivity index (χ0n) is 15.1. The van der Waals surface area contributed by atoms with Crippen molar-refractivity contribution in [1.29, 1.82) is 0 Å². The Hall–Kier alpha value is -3.00. The number of morpholine rings is 1. The second-order valence-electron chi connectivity index (χ2n) is 6.19. The minimum absolute atomic E-state index is 0.0158. The number of nitrogens with zero attached hydrogens (tertiary/aromatic N) is 1. The number of carbonyl (C=O) groups excluding carboxylic acids is 2. The van der Waals surface area contributed by atoms with Crippen molar-refractivity contribution in [2.45, 2.75) is 19.6 Å². The van der Waals surface area contributed by atoms with E-state index in [1.165, 1.54) is 6.92 Å². The van der Waals surface area contributed by atoms with Crippen molar-refractivity contribution in [1.82, 2.24) is 10.2 Å². The highest BCUT2D eigenvalue weighted by molar-refractivity contribution is 5.89. The molecule has 3 amide bonds. The summed E-state index contributed by atoms with van der Waals surface area (Å²) in [5.41, 5.74) is 0.646. The summed E-state index contributed by atoms with van der Waals surface area (Å²) < 4.78 is 16.4. The molecule has 3 rings (SSSR count). The first-order valence-corrected chi connectivity index (χ1v) is 8.77. The summed E-state index contributed by atoms with van der Waals surface area (Å²) in [4.78, 5) is 25.2. The number of nitrogens with one attached hydrogen (secondary N) is 2. The van der Waals surface area contributed by atoms with Crippen molar-refractivity contribution in [3.05, 3.63) is 48.4 Å². The van der Waals surface area contributed by atoms with Gasteiger partial charge in [0.25, 0.3) is 0 Å². The van der Waals surface area contributed by atoms with Gasteiger partial charge in [-0.05, 0) is 36.4 Å². The van der Waals surface area contributed by atoms with Gasteiger partial charge in [0, 0.05) is 32.2 Å². The first-order chi connectivity index (χ1) is 13.1. The Morgan fingerprint density at radius 2 is 2.07 bits per heavy atom. The minimum Gasteiger partial charge on any atom is -0.486 e. The van der Waals surface area contributed by atoms with Crippen LogP contribution in [0.4, 0.5) is 10.5 Å². The maximum Gasteiger partial charge on any atom is 0.319 e. The molecule has 8 heteroatoms. The van der Waals surface area contributed by atoms with Gasteiger partial charge in [0.2, 0.25) is 5.91 Å². The van der Waals surface area contributed by atoms with E-state index >= 15 is 0 Å². The topological polar surface area (TPSA) is 93.0 Å². The third kappa shape index (κ3) is 5.75. The van der Waals surface area contributed by atoms with Gasteiger partial charge in [0.05, 0.1) is 19.0 Å². The smallest absolute Gasteiger partial charge is 0.319 e. The number of furan rings is 1. The van der Waals surface area contributed by atoms with E-state index in [2.05, 4.69) is 10.6 Å². The van der Waals surface area contributed by atoms with Gasteiger partial charge < -0.3 is 29.4 Å². The molecule has 144 valence electrons. The fourth-order valence-corrected chi connectivity index (χ4v) is 2.69. The molecule has 1 fully saturated rings. The highest BCUT2D eigenvalue weighted by atomic mass is 16.5. The van der Waals surface area contributed by atoms with Crippen LogP contribution in [0.2, 0.25) is 0 Å². The number of ether oxygens (including phenoxy) is 2. The lowest BCUT2D eigenvalue weighted by Gasteiger charge is -2.32. The first-order valence-electron chi connectivity index (χ1n) is 8.77. The molecule has 1 unspecified atom stereocenters. The molecule has 1 atom stereocenters. The molecule has 27 heavy (non-hydrogen) atoms. The summed E-state index contributed by atoms with van der Waals surface area (Å²) in [6.45, 7) is 3.76. The summed E-state index contributed by atoms with van der Waals surface area (Å²) >= 11 is 0. The van der Waals surface area contributed by atoms with Crippen molar-refractivity contribution >= 4 is 17.6 Å². The van der Waals surface area contributed by atoms with Gasteiger partial charge in [-0.25, -0.2) is 4.79 Å². The molecule has 1 aliphatic rings. The average molecular weight is 373 g/mol. The summed E-state index contributed by atoms with van der Waals surface area (Å²) in [5.74, 6) is 1.43. The highest BCUT2D eigenvalue weighted by Crippen LogP contribution is 2.17. The average Bonchev–Trinajstić information content (AvgIpc) is 3.20. The number of hydrogen-bond acceptors (Lipinski definition) is 5. The van der Waals surface area contributed by atoms with Crippen LogP contribution in [0.25, 0.3) is 0 Å². The SMILES string of the molecule is CC(=O)N1CCOC(CNC(=O)Nc2ccc(OCc3ccco3)cc2)C1. The highest BCUT2D eigenvalue weighted by Gasteiger charge is 2.22. The zero-order valence-corrected chi connectivity index (χ0v) is 15.1. The van der Waals surface area contributed by atoms with E-state index in [9.17, 15) is 9.59 Å². The van der Waals surface area contributed by atoms with Gasteiger partial charge in [-0.15, -0.1) is 0 Å². The molecule has 2 heterocycles. The van der Waals surface area contributed by atoms with E-state index in [0.29, 0.717) is 44.3 Å². The molecule has 8 nitrogen and oxygen atoms in total. The third-order valence-corrected chi connectivity index (χ3v) is 4.15. The molecule has 0 radical (unpaired) electrons. The molecule has 1 aromatic carbocycles.